The molecular weight excluding hydrogens is 386 g/mol. The fourth-order valence-corrected chi connectivity index (χ4v) is 3.97. The molecule has 3 aromatic rings. The van der Waals surface area contributed by atoms with Crippen molar-refractivity contribution in [2.24, 2.45) is 0 Å². The number of rotatable bonds is 6. The van der Waals surface area contributed by atoms with Gasteiger partial charge in [0.05, 0.1) is 17.3 Å². The normalized spacial score (nSPS) is 18.7. The summed E-state index contributed by atoms with van der Waals surface area (Å²) in [6.45, 7) is 2.93. The molecule has 4 rings (SSSR count). The maximum atomic E-state index is 11.1. The molecule has 2 atom stereocenters. The lowest BCUT2D eigenvalue weighted by molar-refractivity contribution is 0.0697. The van der Waals surface area contributed by atoms with Crippen LogP contribution in [0.1, 0.15) is 47.2 Å². The third-order valence-corrected chi connectivity index (χ3v) is 5.35. The molecule has 3 heterocycles. The SMILES string of the molecule is CCCN1C(=S)N[C@H](c2ccccn2)[C@@H]1c1ccc(-c2ccc(C(=O)O)cc2)o1. The lowest BCUT2D eigenvalue weighted by Crippen LogP contribution is -2.30. The maximum Gasteiger partial charge on any atom is 0.335 e. The van der Waals surface area contributed by atoms with Crippen LogP contribution in [0.25, 0.3) is 11.3 Å². The molecule has 148 valence electrons. The minimum atomic E-state index is -0.948. The molecule has 29 heavy (non-hydrogen) atoms. The third-order valence-electron chi connectivity index (χ3n) is 5.00. The highest BCUT2D eigenvalue weighted by atomic mass is 32.1. The second-order valence-corrected chi connectivity index (χ2v) is 7.29. The summed E-state index contributed by atoms with van der Waals surface area (Å²) in [6, 6.07) is 16.1. The molecule has 0 radical (unpaired) electrons. The molecular formula is C22H21N3O3S. The van der Waals surface area contributed by atoms with E-state index in [0.29, 0.717) is 10.9 Å². The van der Waals surface area contributed by atoms with Gasteiger partial charge in [-0.25, -0.2) is 4.79 Å². The summed E-state index contributed by atoms with van der Waals surface area (Å²) in [7, 11) is 0. The van der Waals surface area contributed by atoms with E-state index in [9.17, 15) is 4.79 Å². The predicted molar refractivity (Wildman–Crippen MR) is 114 cm³/mol. The zero-order chi connectivity index (χ0) is 20.4. The first-order chi connectivity index (χ1) is 14.1. The largest absolute Gasteiger partial charge is 0.478 e. The molecule has 0 spiro atoms. The molecule has 1 saturated heterocycles. The molecule has 7 heteroatoms. The number of carbonyl (C=O) groups is 1. The van der Waals surface area contributed by atoms with Crippen molar-refractivity contribution in [3.8, 4) is 11.3 Å². The molecule has 1 aliphatic rings. The van der Waals surface area contributed by atoms with Gasteiger partial charge in [-0.05, 0) is 55.0 Å². The molecule has 6 nitrogen and oxygen atoms in total. The van der Waals surface area contributed by atoms with Gasteiger partial charge in [0, 0.05) is 18.3 Å². The average molecular weight is 407 g/mol. The number of nitrogens with zero attached hydrogens (tertiary/aromatic N) is 2. The quantitative estimate of drug-likeness (QED) is 0.586. The van der Waals surface area contributed by atoms with Crippen LogP contribution in [0.15, 0.2) is 65.2 Å². The second-order valence-electron chi connectivity index (χ2n) is 6.90. The number of hydrogen-bond acceptors (Lipinski definition) is 4. The van der Waals surface area contributed by atoms with Crippen LogP contribution in [0.4, 0.5) is 0 Å². The Labute approximate surface area is 174 Å². The number of nitrogens with one attached hydrogen (secondary N) is 1. The number of aromatic nitrogens is 1. The monoisotopic (exact) mass is 407 g/mol. The standard InChI is InChI=1S/C22H21N3O3S/c1-2-13-25-20(19(24-22(25)29)16-5-3-4-12-23-16)18-11-10-17(28-18)14-6-8-15(9-7-14)21(26)27/h3-12,19-20H,2,13H2,1H3,(H,24,29)(H,26,27)/t19-,20+/m1/s1. The van der Waals surface area contributed by atoms with Gasteiger partial charge in [0.1, 0.15) is 17.6 Å². The van der Waals surface area contributed by atoms with Crippen LogP contribution in [-0.2, 0) is 0 Å². The molecule has 0 amide bonds. The number of carboxylic acid groups (broad SMARTS) is 1. The first-order valence-electron chi connectivity index (χ1n) is 9.50. The van der Waals surface area contributed by atoms with Gasteiger partial charge in [0.15, 0.2) is 5.11 Å². The lowest BCUT2D eigenvalue weighted by Gasteiger charge is -2.25. The second kappa shape index (κ2) is 8.05. The molecule has 1 aliphatic heterocycles. The van der Waals surface area contributed by atoms with Gasteiger partial charge in [-0.2, -0.15) is 0 Å². The van der Waals surface area contributed by atoms with E-state index in [-0.39, 0.29) is 17.6 Å². The summed E-state index contributed by atoms with van der Waals surface area (Å²) in [4.78, 5) is 17.7. The molecule has 0 unspecified atom stereocenters. The van der Waals surface area contributed by atoms with E-state index >= 15 is 0 Å². The van der Waals surface area contributed by atoms with Gasteiger partial charge in [0.2, 0.25) is 0 Å². The van der Waals surface area contributed by atoms with E-state index in [1.165, 1.54) is 0 Å². The average Bonchev–Trinajstić information content (AvgIpc) is 3.34. The summed E-state index contributed by atoms with van der Waals surface area (Å²) < 4.78 is 6.21. The van der Waals surface area contributed by atoms with E-state index < -0.39 is 5.97 Å². The highest BCUT2D eigenvalue weighted by Gasteiger charge is 2.41. The first kappa shape index (κ1) is 19.1. The zero-order valence-corrected chi connectivity index (χ0v) is 16.7. The van der Waals surface area contributed by atoms with Crippen LogP contribution in [0, 0.1) is 0 Å². The van der Waals surface area contributed by atoms with Crippen LogP contribution in [0.5, 0.6) is 0 Å². The van der Waals surface area contributed by atoms with E-state index in [4.69, 9.17) is 21.7 Å². The Morgan fingerprint density at radius 1 is 1.21 bits per heavy atom. The van der Waals surface area contributed by atoms with Crippen LogP contribution >= 0.6 is 12.2 Å². The van der Waals surface area contributed by atoms with Gasteiger partial charge in [-0.15, -0.1) is 0 Å². The number of hydrogen-bond donors (Lipinski definition) is 2. The fraction of sp³-hybridized carbons (Fsp3) is 0.227. The topological polar surface area (TPSA) is 78.6 Å². The Kier molecular flexibility index (Phi) is 5.31. The minimum Gasteiger partial charge on any atom is -0.478 e. The van der Waals surface area contributed by atoms with E-state index in [1.807, 2.05) is 30.3 Å². The number of carboxylic acids is 1. The van der Waals surface area contributed by atoms with Crippen molar-refractivity contribution in [1.82, 2.24) is 15.2 Å². The van der Waals surface area contributed by atoms with Gasteiger partial charge < -0.3 is 19.7 Å². The Balaban J connectivity index is 1.68. The van der Waals surface area contributed by atoms with Crippen molar-refractivity contribution in [2.45, 2.75) is 25.4 Å². The van der Waals surface area contributed by atoms with Crippen LogP contribution in [0.3, 0.4) is 0 Å². The highest BCUT2D eigenvalue weighted by molar-refractivity contribution is 7.80. The van der Waals surface area contributed by atoms with Crippen LogP contribution in [0.2, 0.25) is 0 Å². The first-order valence-corrected chi connectivity index (χ1v) is 9.91. The van der Waals surface area contributed by atoms with Gasteiger partial charge in [-0.1, -0.05) is 25.1 Å². The molecule has 1 fully saturated rings. The summed E-state index contributed by atoms with van der Waals surface area (Å²) in [5.41, 5.74) is 1.98. The molecule has 1 aromatic carbocycles. The number of benzene rings is 1. The molecule has 0 saturated carbocycles. The molecule has 0 bridgehead atoms. The number of thiocarbonyl (C=S) groups is 1. The van der Waals surface area contributed by atoms with Crippen molar-refractivity contribution in [1.29, 1.82) is 0 Å². The summed E-state index contributed by atoms with van der Waals surface area (Å²) in [5.74, 6) is 0.528. The van der Waals surface area contributed by atoms with Gasteiger partial charge in [0.25, 0.3) is 0 Å². The molecule has 2 aromatic heterocycles. The summed E-state index contributed by atoms with van der Waals surface area (Å²) in [6.07, 6.45) is 2.73. The Bertz CT molecular complexity index is 1020. The molecule has 2 N–H and O–H groups in total. The molecule has 0 aliphatic carbocycles. The van der Waals surface area contributed by atoms with E-state index in [2.05, 4.69) is 22.1 Å². The Hall–Kier alpha value is -3.19. The number of aromatic carboxylic acids is 1. The Morgan fingerprint density at radius 3 is 2.66 bits per heavy atom. The minimum absolute atomic E-state index is 0.107. The van der Waals surface area contributed by atoms with Crippen molar-refractivity contribution >= 4 is 23.3 Å². The van der Waals surface area contributed by atoms with E-state index in [1.54, 1.807) is 30.5 Å². The van der Waals surface area contributed by atoms with Crippen LogP contribution < -0.4 is 5.32 Å². The third kappa shape index (κ3) is 3.73. The van der Waals surface area contributed by atoms with Gasteiger partial charge in [-0.3, -0.25) is 4.98 Å². The smallest absolute Gasteiger partial charge is 0.335 e. The van der Waals surface area contributed by atoms with Crippen molar-refractivity contribution in [2.75, 3.05) is 6.54 Å². The summed E-state index contributed by atoms with van der Waals surface area (Å²) in [5, 5.41) is 13.2. The predicted octanol–water partition coefficient (Wildman–Crippen LogP) is 4.42. The fourth-order valence-electron chi connectivity index (χ4n) is 3.64. The highest BCUT2D eigenvalue weighted by Crippen LogP contribution is 2.40. The number of pyridine rings is 1. The number of furan rings is 1. The van der Waals surface area contributed by atoms with Gasteiger partial charge >= 0.3 is 5.97 Å². The lowest BCUT2D eigenvalue weighted by atomic mass is 10.0. The van der Waals surface area contributed by atoms with E-state index in [0.717, 1.165) is 30.0 Å². The zero-order valence-electron chi connectivity index (χ0n) is 15.9. The van der Waals surface area contributed by atoms with Crippen molar-refractivity contribution < 1.29 is 14.3 Å². The van der Waals surface area contributed by atoms with Crippen LogP contribution in [-0.4, -0.2) is 32.6 Å². The van der Waals surface area contributed by atoms with Crippen molar-refractivity contribution in [3.05, 3.63) is 77.8 Å². The summed E-state index contributed by atoms with van der Waals surface area (Å²) >= 11 is 5.59. The Morgan fingerprint density at radius 2 is 2.00 bits per heavy atom. The maximum absolute atomic E-state index is 11.1. The van der Waals surface area contributed by atoms with Crippen molar-refractivity contribution in [3.63, 3.8) is 0 Å².